The molecule has 0 saturated carbocycles. The van der Waals surface area contributed by atoms with Crippen LogP contribution in [0.4, 0.5) is 0 Å². The van der Waals surface area contributed by atoms with Crippen molar-refractivity contribution in [2.45, 2.75) is 91.9 Å². The summed E-state index contributed by atoms with van der Waals surface area (Å²) >= 11 is 0. The van der Waals surface area contributed by atoms with E-state index >= 15 is 0 Å². The topological polar surface area (TPSA) is 52.6 Å². The van der Waals surface area contributed by atoms with E-state index < -0.39 is 0 Å². The van der Waals surface area contributed by atoms with Gasteiger partial charge in [-0.1, -0.05) is 66.2 Å². The molecule has 1 aromatic rings. The fourth-order valence-corrected chi connectivity index (χ4v) is 3.72. The molecule has 170 valence electrons. The van der Waals surface area contributed by atoms with Crippen molar-refractivity contribution in [2.24, 2.45) is 11.8 Å². The van der Waals surface area contributed by atoms with Crippen LogP contribution in [0, 0.1) is 11.8 Å². The first-order valence-corrected chi connectivity index (χ1v) is 12.0. The van der Waals surface area contributed by atoms with E-state index in [0.29, 0.717) is 36.2 Å². The second-order valence-electron chi connectivity index (χ2n) is 8.37. The monoisotopic (exact) mass is 418 g/mol. The van der Waals surface area contributed by atoms with Crippen molar-refractivity contribution in [3.63, 3.8) is 0 Å². The molecule has 30 heavy (non-hydrogen) atoms. The Labute approximate surface area is 183 Å². The Bertz CT molecular complexity index is 541. The van der Waals surface area contributed by atoms with Gasteiger partial charge in [0.15, 0.2) is 0 Å². The molecule has 0 saturated heterocycles. The number of carbonyl (C=O) groups excluding carboxylic acids is 2. The third kappa shape index (κ3) is 10.3. The van der Waals surface area contributed by atoms with Crippen LogP contribution < -0.4 is 0 Å². The summed E-state index contributed by atoms with van der Waals surface area (Å²) in [5, 5.41) is 0. The molecular formula is C26H42O4. The highest BCUT2D eigenvalue weighted by molar-refractivity contribution is 5.93. The van der Waals surface area contributed by atoms with Crippen LogP contribution in [0.3, 0.4) is 0 Å². The van der Waals surface area contributed by atoms with E-state index in [1.807, 2.05) is 0 Å². The van der Waals surface area contributed by atoms with Crippen molar-refractivity contribution in [1.82, 2.24) is 0 Å². The molecule has 0 aliphatic rings. The van der Waals surface area contributed by atoms with Gasteiger partial charge in [0.1, 0.15) is 0 Å². The second-order valence-corrected chi connectivity index (χ2v) is 8.37. The zero-order valence-electron chi connectivity index (χ0n) is 19.6. The molecule has 0 amide bonds. The molecule has 0 bridgehead atoms. The van der Waals surface area contributed by atoms with Crippen molar-refractivity contribution in [3.8, 4) is 0 Å². The van der Waals surface area contributed by atoms with Gasteiger partial charge < -0.3 is 9.47 Å². The number of unbranched alkanes of at least 4 members (excludes halogenated alkanes) is 2. The van der Waals surface area contributed by atoms with Gasteiger partial charge in [0.25, 0.3) is 0 Å². The van der Waals surface area contributed by atoms with Gasteiger partial charge in [-0.05, 0) is 61.8 Å². The zero-order valence-corrected chi connectivity index (χ0v) is 19.6. The first-order valence-electron chi connectivity index (χ1n) is 12.0. The summed E-state index contributed by atoms with van der Waals surface area (Å²) in [7, 11) is 0. The summed E-state index contributed by atoms with van der Waals surface area (Å²) in [6.07, 6.45) is 11.2. The standard InChI is InChI=1S/C26H42O4/c1-5-9-13-21(11-7-3)19-29-25(27)23-15-17-24(18-16-23)26(28)30-20-22(12-8-4)14-10-6-2/h15-18,21-22H,5-14,19-20H2,1-4H3. The van der Waals surface area contributed by atoms with Crippen molar-refractivity contribution >= 4 is 11.9 Å². The van der Waals surface area contributed by atoms with Crippen LogP contribution in [0.5, 0.6) is 0 Å². The van der Waals surface area contributed by atoms with Gasteiger partial charge in [0.05, 0.1) is 24.3 Å². The quantitative estimate of drug-likeness (QED) is 0.266. The minimum absolute atomic E-state index is 0.324. The lowest BCUT2D eigenvalue weighted by Crippen LogP contribution is -2.16. The number of rotatable bonds is 16. The number of hydrogen-bond acceptors (Lipinski definition) is 4. The maximum absolute atomic E-state index is 12.4. The summed E-state index contributed by atoms with van der Waals surface area (Å²) < 4.78 is 11.1. The number of benzene rings is 1. The lowest BCUT2D eigenvalue weighted by molar-refractivity contribution is 0.0410. The third-order valence-corrected chi connectivity index (χ3v) is 5.58. The summed E-state index contributed by atoms with van der Waals surface area (Å²) in [5.74, 6) is 0.207. The Morgan fingerprint density at radius 2 is 1.00 bits per heavy atom. The molecule has 2 atom stereocenters. The number of ether oxygens (including phenoxy) is 2. The number of hydrogen-bond donors (Lipinski definition) is 0. The van der Waals surface area contributed by atoms with E-state index in [4.69, 9.17) is 9.47 Å². The summed E-state index contributed by atoms with van der Waals surface area (Å²) in [6.45, 7) is 9.60. The minimum atomic E-state index is -0.324. The molecule has 0 fully saturated rings. The van der Waals surface area contributed by atoms with E-state index in [-0.39, 0.29) is 11.9 Å². The van der Waals surface area contributed by atoms with Crippen LogP contribution in [0.2, 0.25) is 0 Å². The molecule has 1 rings (SSSR count). The first-order chi connectivity index (χ1) is 14.5. The van der Waals surface area contributed by atoms with Crippen LogP contribution >= 0.6 is 0 Å². The van der Waals surface area contributed by atoms with Crippen LogP contribution in [0.15, 0.2) is 24.3 Å². The van der Waals surface area contributed by atoms with Gasteiger partial charge in [-0.25, -0.2) is 9.59 Å². The van der Waals surface area contributed by atoms with Crippen LogP contribution in [0.25, 0.3) is 0 Å². The highest BCUT2D eigenvalue weighted by Crippen LogP contribution is 2.18. The molecular weight excluding hydrogens is 376 g/mol. The Kier molecular flexibility index (Phi) is 13.9. The lowest BCUT2D eigenvalue weighted by atomic mass is 9.98. The summed E-state index contributed by atoms with van der Waals surface area (Å²) in [5.41, 5.74) is 0.952. The van der Waals surface area contributed by atoms with Gasteiger partial charge in [-0.15, -0.1) is 0 Å². The fraction of sp³-hybridized carbons (Fsp3) is 0.692. The normalized spacial score (nSPS) is 12.9. The van der Waals surface area contributed by atoms with Crippen molar-refractivity contribution in [2.75, 3.05) is 13.2 Å². The van der Waals surface area contributed by atoms with E-state index in [0.717, 1.165) is 64.2 Å². The summed E-state index contributed by atoms with van der Waals surface area (Å²) in [6, 6.07) is 6.61. The van der Waals surface area contributed by atoms with Gasteiger partial charge in [0, 0.05) is 0 Å². The highest BCUT2D eigenvalue weighted by atomic mass is 16.5. The van der Waals surface area contributed by atoms with E-state index in [9.17, 15) is 9.59 Å². The van der Waals surface area contributed by atoms with Crippen LogP contribution in [-0.2, 0) is 9.47 Å². The number of carbonyl (C=O) groups is 2. The molecule has 0 aliphatic carbocycles. The molecule has 0 aliphatic heterocycles. The molecule has 1 aromatic carbocycles. The molecule has 0 heterocycles. The van der Waals surface area contributed by atoms with E-state index in [1.165, 1.54) is 0 Å². The van der Waals surface area contributed by atoms with E-state index in [2.05, 4.69) is 27.7 Å². The Balaban J connectivity index is 2.54. The SMILES string of the molecule is CCCCC(CCC)COC(=O)c1ccc(C(=O)OCC(CCC)CCCC)cc1. The minimum Gasteiger partial charge on any atom is -0.462 e. The largest absolute Gasteiger partial charge is 0.462 e. The number of esters is 2. The smallest absolute Gasteiger partial charge is 0.338 e. The van der Waals surface area contributed by atoms with E-state index in [1.54, 1.807) is 24.3 Å². The van der Waals surface area contributed by atoms with Gasteiger partial charge in [0.2, 0.25) is 0 Å². The molecule has 0 aromatic heterocycles. The second kappa shape index (κ2) is 15.9. The maximum Gasteiger partial charge on any atom is 0.338 e. The molecule has 2 unspecified atom stereocenters. The Morgan fingerprint density at radius 3 is 1.30 bits per heavy atom. The van der Waals surface area contributed by atoms with Gasteiger partial charge >= 0.3 is 11.9 Å². The van der Waals surface area contributed by atoms with Crippen LogP contribution in [0.1, 0.15) is 113 Å². The van der Waals surface area contributed by atoms with Crippen LogP contribution in [-0.4, -0.2) is 25.2 Å². The predicted molar refractivity (Wildman–Crippen MR) is 123 cm³/mol. The van der Waals surface area contributed by atoms with Crippen molar-refractivity contribution < 1.29 is 19.1 Å². The Morgan fingerprint density at radius 1 is 0.633 bits per heavy atom. The Hall–Kier alpha value is -1.84. The molecule has 4 heteroatoms. The average molecular weight is 419 g/mol. The molecule has 4 nitrogen and oxygen atoms in total. The third-order valence-electron chi connectivity index (χ3n) is 5.58. The first kappa shape index (κ1) is 26.2. The average Bonchev–Trinajstić information content (AvgIpc) is 2.77. The van der Waals surface area contributed by atoms with Gasteiger partial charge in [-0.3, -0.25) is 0 Å². The maximum atomic E-state index is 12.4. The van der Waals surface area contributed by atoms with Crippen molar-refractivity contribution in [1.29, 1.82) is 0 Å². The zero-order chi connectivity index (χ0) is 22.2. The fourth-order valence-electron chi connectivity index (χ4n) is 3.72. The molecule has 0 spiro atoms. The highest BCUT2D eigenvalue weighted by Gasteiger charge is 2.15. The molecule has 0 radical (unpaired) electrons. The lowest BCUT2D eigenvalue weighted by Gasteiger charge is -2.16. The summed E-state index contributed by atoms with van der Waals surface area (Å²) in [4.78, 5) is 24.7. The van der Waals surface area contributed by atoms with Crippen molar-refractivity contribution in [3.05, 3.63) is 35.4 Å². The predicted octanol–water partition coefficient (Wildman–Crippen LogP) is 7.21. The van der Waals surface area contributed by atoms with Gasteiger partial charge in [-0.2, -0.15) is 0 Å². The molecule has 0 N–H and O–H groups in total.